The molecule has 4 heterocycles. The summed E-state index contributed by atoms with van der Waals surface area (Å²) in [6.45, 7) is 7.23. The Labute approximate surface area is 406 Å². The van der Waals surface area contributed by atoms with E-state index >= 15 is 0 Å². The van der Waals surface area contributed by atoms with Crippen LogP contribution in [0, 0.1) is 0 Å². The molecule has 5 aliphatic rings. The second-order valence-corrected chi connectivity index (χ2v) is 19.2. The zero-order valence-electron chi connectivity index (χ0n) is 40.5. The summed E-state index contributed by atoms with van der Waals surface area (Å²) in [7, 11) is -6.09. The molecule has 4 atom stereocenters. The normalized spacial score (nSPS) is 19.0. The van der Waals surface area contributed by atoms with Crippen LogP contribution in [-0.2, 0) is 0 Å². The van der Waals surface area contributed by atoms with Gasteiger partial charge in [-0.25, -0.2) is 0 Å². The third-order valence-corrected chi connectivity index (χ3v) is 14.9. The van der Waals surface area contributed by atoms with Crippen LogP contribution in [0.25, 0.3) is 0 Å². The van der Waals surface area contributed by atoms with Gasteiger partial charge in [-0.1, -0.05) is 105 Å². The summed E-state index contributed by atoms with van der Waals surface area (Å²) in [5.41, 5.74) is 6.12. The lowest BCUT2D eigenvalue weighted by Gasteiger charge is -2.37. The number of hydrogen-bond acceptors (Lipinski definition) is 14. The molecule has 9 rings (SSSR count). The van der Waals surface area contributed by atoms with Gasteiger partial charge in [-0.15, -0.1) is 0 Å². The predicted octanol–water partition coefficient (Wildman–Crippen LogP) is 6.80. The molecule has 69 heavy (non-hydrogen) atoms. The molecule has 4 aromatic rings. The first-order valence-corrected chi connectivity index (χ1v) is 25.5. The van der Waals surface area contributed by atoms with Crippen molar-refractivity contribution in [1.82, 2.24) is 0 Å². The van der Waals surface area contributed by atoms with Crippen molar-refractivity contribution in [3.63, 3.8) is 0 Å². The molecule has 6 N–H and O–H groups in total. The largest absolute Gasteiger partial charge is 0.496 e. The van der Waals surface area contributed by atoms with Gasteiger partial charge in [0.05, 0.1) is 16.4 Å². The molecule has 0 aromatic heterocycles. The van der Waals surface area contributed by atoms with Crippen LogP contribution in [0.15, 0.2) is 30.3 Å². The molecule has 14 nitrogen and oxygen atoms in total. The Kier molecular flexibility index (Phi) is 15.5. The van der Waals surface area contributed by atoms with Crippen LogP contribution in [0.3, 0.4) is 0 Å². The van der Waals surface area contributed by atoms with Crippen molar-refractivity contribution in [3.8, 4) is 46.0 Å². The molecule has 8 bridgehead atoms. The first-order chi connectivity index (χ1) is 33.6. The van der Waals surface area contributed by atoms with Gasteiger partial charge in [-0.05, 0) is 49.9 Å². The van der Waals surface area contributed by atoms with Gasteiger partial charge in [0.15, 0.2) is 0 Å². The molecule has 4 unspecified atom stereocenters. The topological polar surface area (TPSA) is 195 Å². The van der Waals surface area contributed by atoms with Gasteiger partial charge in [0.25, 0.3) is 0 Å². The predicted molar refractivity (Wildman–Crippen MR) is 264 cm³/mol. The summed E-state index contributed by atoms with van der Waals surface area (Å²) in [6.07, 6.45) is 13.2. The van der Waals surface area contributed by atoms with E-state index in [-0.39, 0.29) is 76.3 Å². The highest BCUT2D eigenvalue weighted by molar-refractivity contribution is 6.62. The Hall–Kier alpha value is -4.77. The van der Waals surface area contributed by atoms with Gasteiger partial charge in [-0.2, -0.15) is 0 Å². The standard InChI is InChI=1S/C52H67B3O14/c1-5-9-13-17-30-34-21-35-31(18-14-10-6-2)37-23-39-33(20-16-12-8-4)41-24-40-32(19-15-11-7-3)38-22-36(30)47-44(53(56)57)49(38)66-28-68-51(40)46(55(60)61)52(41)69-29-67-50(39)45(54(58)59)48(37)65-27-63-43(35)25-42(34)62-26-64-47/h21-25,30-33,56-61H,5-20,26-29H2,1-4H3. The van der Waals surface area contributed by atoms with Crippen LogP contribution < -0.4 is 54.3 Å². The molecule has 0 amide bonds. The van der Waals surface area contributed by atoms with E-state index < -0.39 is 46.8 Å². The zero-order chi connectivity index (χ0) is 48.3. The van der Waals surface area contributed by atoms with Crippen molar-refractivity contribution in [2.45, 2.75) is 154 Å². The van der Waals surface area contributed by atoms with Crippen molar-refractivity contribution in [2.24, 2.45) is 0 Å². The van der Waals surface area contributed by atoms with E-state index in [1.54, 1.807) is 0 Å². The molecule has 368 valence electrons. The number of hydrogen-bond donors (Lipinski definition) is 6. The van der Waals surface area contributed by atoms with E-state index in [0.717, 1.165) is 99.3 Å². The quantitative estimate of drug-likeness (QED) is 0.0424. The van der Waals surface area contributed by atoms with Crippen LogP contribution in [0.5, 0.6) is 46.0 Å². The maximum absolute atomic E-state index is 11.6. The van der Waals surface area contributed by atoms with Gasteiger partial charge in [0.1, 0.15) is 46.0 Å². The van der Waals surface area contributed by atoms with Crippen LogP contribution >= 0.6 is 0 Å². The van der Waals surface area contributed by atoms with Gasteiger partial charge in [0, 0.05) is 74.2 Å². The molecule has 1 aliphatic carbocycles. The van der Waals surface area contributed by atoms with Crippen LogP contribution in [0.1, 0.15) is 199 Å². The lowest BCUT2D eigenvalue weighted by atomic mass is 9.67. The monoisotopic (exact) mass is 948 g/mol. The average molecular weight is 949 g/mol. The highest BCUT2D eigenvalue weighted by atomic mass is 16.7. The fourth-order valence-electron chi connectivity index (χ4n) is 11.7. The number of benzene rings is 4. The van der Waals surface area contributed by atoms with Crippen molar-refractivity contribution in [1.29, 1.82) is 0 Å². The molecule has 4 aliphatic heterocycles. The fourth-order valence-corrected chi connectivity index (χ4v) is 11.7. The zero-order valence-corrected chi connectivity index (χ0v) is 40.5. The minimum atomic E-state index is -2.06. The van der Waals surface area contributed by atoms with E-state index in [9.17, 15) is 30.1 Å². The maximum atomic E-state index is 11.6. The molecular weight excluding hydrogens is 881 g/mol. The summed E-state index contributed by atoms with van der Waals surface area (Å²) in [6, 6.07) is 10.4. The fraction of sp³-hybridized carbons (Fsp3) is 0.538. The number of ether oxygens (including phenoxy) is 8. The smallest absolute Gasteiger partial charge is 0.457 e. The highest BCUT2D eigenvalue weighted by Gasteiger charge is 2.44. The Bertz CT molecular complexity index is 2320. The molecule has 0 saturated carbocycles. The van der Waals surface area contributed by atoms with Gasteiger partial charge in [-0.3, -0.25) is 0 Å². The second kappa shape index (κ2) is 21.7. The van der Waals surface area contributed by atoms with Gasteiger partial charge < -0.3 is 68.0 Å². The number of unbranched alkanes of at least 4 members (excludes halogenated alkanes) is 8. The molecule has 0 saturated heterocycles. The Balaban J connectivity index is 1.48. The maximum Gasteiger partial charge on any atom is 0.496 e. The minimum Gasteiger partial charge on any atom is -0.457 e. The van der Waals surface area contributed by atoms with E-state index in [1.807, 2.05) is 6.07 Å². The van der Waals surface area contributed by atoms with Gasteiger partial charge >= 0.3 is 21.4 Å². The second-order valence-electron chi connectivity index (χ2n) is 19.2. The summed E-state index contributed by atoms with van der Waals surface area (Å²) in [5, 5.41) is 69.3. The minimum absolute atomic E-state index is 0.0196. The van der Waals surface area contributed by atoms with Crippen molar-refractivity contribution in [3.05, 3.63) is 74.8 Å². The third kappa shape index (κ3) is 9.35. The van der Waals surface area contributed by atoms with E-state index in [4.69, 9.17) is 37.9 Å². The molecule has 4 aromatic carbocycles. The molecule has 17 heteroatoms. The van der Waals surface area contributed by atoms with Crippen molar-refractivity contribution < 1.29 is 68.0 Å². The molecular formula is C52H67B3O14. The lowest BCUT2D eigenvalue weighted by Crippen LogP contribution is -2.40. The van der Waals surface area contributed by atoms with E-state index in [1.165, 1.54) is 0 Å². The Morgan fingerprint density at radius 1 is 0.333 bits per heavy atom. The van der Waals surface area contributed by atoms with E-state index in [0.29, 0.717) is 59.4 Å². The summed E-state index contributed by atoms with van der Waals surface area (Å²) < 4.78 is 52.2. The first kappa shape index (κ1) is 49.2. The van der Waals surface area contributed by atoms with Crippen LogP contribution in [0.2, 0.25) is 0 Å². The number of rotatable bonds is 19. The Morgan fingerprint density at radius 2 is 0.565 bits per heavy atom. The van der Waals surface area contributed by atoms with E-state index in [2.05, 4.69) is 52.0 Å². The van der Waals surface area contributed by atoms with Crippen LogP contribution in [-0.4, -0.2) is 78.7 Å². The van der Waals surface area contributed by atoms with Gasteiger partial charge in [0.2, 0.25) is 27.2 Å². The lowest BCUT2D eigenvalue weighted by molar-refractivity contribution is 0.101. The van der Waals surface area contributed by atoms with Crippen LogP contribution in [0.4, 0.5) is 0 Å². The third-order valence-electron chi connectivity index (χ3n) is 14.9. The SMILES string of the molecule is CCCCCC1c2cc3c4cc2OCOc2c1cc1c(c2B(O)O)OCOc2c(cc5c(c2B(O)O)OCOc2c(cc(c(c2B(O)O)OCO4)C3CCCCC)C5CCCCC)C1CCCCC. The molecule has 0 fully saturated rings. The summed E-state index contributed by atoms with van der Waals surface area (Å²) in [4.78, 5) is 0. The summed E-state index contributed by atoms with van der Waals surface area (Å²) in [5.74, 6) is 0.670. The van der Waals surface area contributed by atoms with Crippen molar-refractivity contribution >= 4 is 37.7 Å². The molecule has 0 radical (unpaired) electrons. The Morgan fingerprint density at radius 3 is 0.812 bits per heavy atom. The first-order valence-electron chi connectivity index (χ1n) is 25.5. The average Bonchev–Trinajstić information content (AvgIpc) is 3.30. The summed E-state index contributed by atoms with van der Waals surface area (Å²) >= 11 is 0. The van der Waals surface area contributed by atoms with Crippen molar-refractivity contribution in [2.75, 3.05) is 27.2 Å². The molecule has 0 spiro atoms. The highest BCUT2D eigenvalue weighted by Crippen LogP contribution is 2.54.